The van der Waals surface area contributed by atoms with E-state index in [4.69, 9.17) is 11.1 Å². The molecule has 0 aliphatic heterocycles. The summed E-state index contributed by atoms with van der Waals surface area (Å²) < 4.78 is 0. The van der Waals surface area contributed by atoms with Crippen molar-refractivity contribution >= 4 is 59.2 Å². The van der Waals surface area contributed by atoms with E-state index in [1.807, 2.05) is 0 Å². The van der Waals surface area contributed by atoms with Crippen LogP contribution in [0.1, 0.15) is 101 Å². The highest BCUT2D eigenvalue weighted by Crippen LogP contribution is 2.13. The number of guanidine groups is 1. The van der Waals surface area contributed by atoms with Crippen LogP contribution in [0.5, 0.6) is 0 Å². The third-order valence-electron chi connectivity index (χ3n) is 10.1. The van der Waals surface area contributed by atoms with Gasteiger partial charge in [0.15, 0.2) is 5.96 Å². The summed E-state index contributed by atoms with van der Waals surface area (Å²) in [6.07, 6.45) is 0.0430. The van der Waals surface area contributed by atoms with Crippen LogP contribution in [0.4, 0.5) is 0 Å². The molecule has 0 spiro atoms. The van der Waals surface area contributed by atoms with Crippen molar-refractivity contribution in [3.63, 3.8) is 0 Å². The minimum absolute atomic E-state index is 0.00390. The van der Waals surface area contributed by atoms with Gasteiger partial charge in [0.1, 0.15) is 36.3 Å². The van der Waals surface area contributed by atoms with E-state index in [1.165, 1.54) is 20.9 Å². The maximum Gasteiger partial charge on any atom is 0.326 e. The third kappa shape index (κ3) is 20.5. The number of aliphatic carboxylic acids is 1. The monoisotopic (exact) mass is 870 g/mol. The number of nitrogens with two attached hydrogens (primary N) is 1. The quantitative estimate of drug-likeness (QED) is 0.0225. The van der Waals surface area contributed by atoms with Crippen molar-refractivity contribution in [3.05, 3.63) is 0 Å². The Balaban J connectivity index is 6.05. The molecule has 22 heteroatoms. The largest absolute Gasteiger partial charge is 0.480 e. The molecular weight excluding hydrogens is 798 g/mol. The first-order chi connectivity index (χ1) is 28.4. The van der Waals surface area contributed by atoms with Gasteiger partial charge in [0, 0.05) is 20.5 Å². The zero-order chi connectivity index (χ0) is 47.1. The van der Waals surface area contributed by atoms with Gasteiger partial charge in [-0.15, -0.1) is 0 Å². The number of carboxylic acid groups (broad SMARTS) is 1. The number of nitrogens with one attached hydrogen (secondary N) is 9. The predicted octanol–water partition coefficient (Wildman–Crippen LogP) is -2.23. The second-order valence-corrected chi connectivity index (χ2v) is 15.6. The number of aliphatic hydroxyl groups is 1. The molecule has 13 N–H and O–H groups in total. The van der Waals surface area contributed by atoms with Crippen LogP contribution in [0.3, 0.4) is 0 Å². The number of likely N-dealkylation sites (N-methyl/N-ethyl adjacent to an activating group) is 1. The van der Waals surface area contributed by atoms with Crippen LogP contribution in [0.2, 0.25) is 0 Å². The van der Waals surface area contributed by atoms with Gasteiger partial charge >= 0.3 is 5.97 Å². The maximum atomic E-state index is 13.8. The molecule has 0 rings (SSSR count). The van der Waals surface area contributed by atoms with Gasteiger partial charge in [0.25, 0.3) is 0 Å². The average molecular weight is 870 g/mol. The smallest absolute Gasteiger partial charge is 0.326 e. The molecule has 8 amide bonds. The van der Waals surface area contributed by atoms with Gasteiger partial charge in [-0.25, -0.2) is 4.79 Å². The summed E-state index contributed by atoms with van der Waals surface area (Å²) >= 11 is 0. The molecule has 348 valence electrons. The molecule has 9 atom stereocenters. The zero-order valence-electron chi connectivity index (χ0n) is 37.2. The van der Waals surface area contributed by atoms with Gasteiger partial charge in [0.05, 0.1) is 19.2 Å². The maximum absolute atomic E-state index is 13.8. The number of carbonyl (C=O) groups excluding carboxylic acids is 8. The first-order valence-electron chi connectivity index (χ1n) is 20.7. The van der Waals surface area contributed by atoms with Gasteiger partial charge in [-0.05, 0) is 43.9 Å². The lowest BCUT2D eigenvalue weighted by Crippen LogP contribution is -2.63. The highest BCUT2D eigenvalue weighted by Gasteiger charge is 2.37. The van der Waals surface area contributed by atoms with E-state index in [0.717, 1.165) is 4.90 Å². The summed E-state index contributed by atoms with van der Waals surface area (Å²) in [6.45, 7) is 13.9. The second kappa shape index (κ2) is 28.1. The Morgan fingerprint density at radius 1 is 0.639 bits per heavy atom. The summed E-state index contributed by atoms with van der Waals surface area (Å²) in [5, 5.41) is 47.9. The van der Waals surface area contributed by atoms with Crippen LogP contribution in [0.15, 0.2) is 0 Å². The van der Waals surface area contributed by atoms with Crippen LogP contribution < -0.4 is 48.3 Å². The Kier molecular flexibility index (Phi) is 25.5. The van der Waals surface area contributed by atoms with E-state index in [2.05, 4.69) is 42.5 Å². The number of hydrogen-bond acceptors (Lipinski definition) is 11. The molecule has 0 fully saturated rings. The lowest BCUT2D eigenvalue weighted by molar-refractivity contribution is -0.143. The molecule has 0 aromatic heterocycles. The fraction of sp³-hybridized carbons (Fsp3) is 0.744. The van der Waals surface area contributed by atoms with Gasteiger partial charge in [0.2, 0.25) is 47.3 Å². The first-order valence-corrected chi connectivity index (χ1v) is 20.7. The SMILES string of the molecule is CCC[C@H](NC(=O)[C@@H](NC(=O)[C@H](NC(=O)[C@@H](NC(=O)CNC(=O)CN(C)C(C)=O)C(C)C)[C@@H](C)CC)[C@@H](C)O)C(=O)N[C@H](C(=O)N[C@@H](CCCNC(=N)N)C(=O)O)[C@@H](C)CC. The molecule has 0 aromatic carbocycles. The number of aliphatic hydroxyl groups excluding tert-OH is 1. The van der Waals surface area contributed by atoms with E-state index in [0.29, 0.717) is 19.3 Å². The third-order valence-corrected chi connectivity index (χ3v) is 10.1. The Morgan fingerprint density at radius 2 is 1.11 bits per heavy atom. The molecule has 22 nitrogen and oxygen atoms in total. The fourth-order valence-corrected chi connectivity index (χ4v) is 5.74. The molecule has 0 saturated carbocycles. The molecule has 0 aliphatic carbocycles. The van der Waals surface area contributed by atoms with Crippen molar-refractivity contribution in [3.8, 4) is 0 Å². The normalized spacial score (nSPS) is 15.4. The first kappa shape index (κ1) is 55.5. The van der Waals surface area contributed by atoms with E-state index in [-0.39, 0.29) is 44.2 Å². The number of amides is 8. The van der Waals surface area contributed by atoms with Crippen molar-refractivity contribution < 1.29 is 53.4 Å². The highest BCUT2D eigenvalue weighted by molar-refractivity contribution is 5.97. The minimum Gasteiger partial charge on any atom is -0.480 e. The molecule has 0 unspecified atom stereocenters. The predicted molar refractivity (Wildman–Crippen MR) is 225 cm³/mol. The average Bonchev–Trinajstić information content (AvgIpc) is 3.18. The lowest BCUT2D eigenvalue weighted by Gasteiger charge is -2.31. The van der Waals surface area contributed by atoms with E-state index in [9.17, 15) is 53.4 Å². The van der Waals surface area contributed by atoms with Crippen molar-refractivity contribution in [2.75, 3.05) is 26.7 Å². The van der Waals surface area contributed by atoms with Crippen molar-refractivity contribution in [2.45, 2.75) is 143 Å². The van der Waals surface area contributed by atoms with E-state index >= 15 is 0 Å². The number of hydrogen-bond donors (Lipinski definition) is 12. The Morgan fingerprint density at radius 3 is 1.57 bits per heavy atom. The van der Waals surface area contributed by atoms with Gasteiger partial charge in [-0.2, -0.15) is 0 Å². The molecular formula is C39H71N11O11. The van der Waals surface area contributed by atoms with Gasteiger partial charge < -0.3 is 63.4 Å². The van der Waals surface area contributed by atoms with Crippen molar-refractivity contribution in [1.82, 2.24) is 47.4 Å². The number of nitrogens with zero attached hydrogens (tertiary/aromatic N) is 1. The summed E-state index contributed by atoms with van der Waals surface area (Å²) in [4.78, 5) is 117. The number of carbonyl (C=O) groups is 9. The summed E-state index contributed by atoms with van der Waals surface area (Å²) in [5.41, 5.74) is 5.26. The Bertz CT molecular complexity index is 1530. The summed E-state index contributed by atoms with van der Waals surface area (Å²) in [7, 11) is 1.42. The standard InChI is InChI=1S/C39H71N11O11/c1-11-15-25(33(55)47-30(21(6)12-2)35(57)45-26(38(60)61)16-14-17-42-39(40)41)44-37(59)32(23(8)51)49-36(58)31(22(7)13-3)48-34(56)29(20(4)5)46-27(53)18-43-28(54)19-50(10)24(9)52/h20-23,25-26,29-32,51H,11-19H2,1-10H3,(H,43,54)(H,44,59)(H,45,57)(H,46,53)(H,47,55)(H,48,56)(H,49,58)(H,60,61)(H4,40,41,42)/t21-,22-,23+,25-,26-,29-,30-,31+,32-/m0/s1. The van der Waals surface area contributed by atoms with Gasteiger partial charge in [-0.1, -0.05) is 67.7 Å². The molecule has 61 heavy (non-hydrogen) atoms. The number of carboxylic acids is 1. The zero-order valence-corrected chi connectivity index (χ0v) is 37.2. The number of rotatable bonds is 28. The molecule has 0 saturated heterocycles. The molecule has 0 radical (unpaired) electrons. The molecule has 0 aromatic rings. The molecule has 0 bridgehead atoms. The van der Waals surface area contributed by atoms with Crippen LogP contribution >= 0.6 is 0 Å². The van der Waals surface area contributed by atoms with Crippen LogP contribution in [0, 0.1) is 23.2 Å². The lowest BCUT2D eigenvalue weighted by atomic mass is 9.95. The van der Waals surface area contributed by atoms with Crippen LogP contribution in [0.25, 0.3) is 0 Å². The van der Waals surface area contributed by atoms with Crippen molar-refractivity contribution in [1.29, 1.82) is 5.41 Å². The minimum atomic E-state index is -1.61. The summed E-state index contributed by atoms with van der Waals surface area (Å²) in [5.74, 6) is -8.73. The molecule has 0 aliphatic rings. The van der Waals surface area contributed by atoms with E-state index in [1.54, 1.807) is 48.5 Å². The Hall–Kier alpha value is -5.54. The Labute approximate surface area is 358 Å². The van der Waals surface area contributed by atoms with Crippen molar-refractivity contribution in [2.24, 2.45) is 23.5 Å². The highest BCUT2D eigenvalue weighted by atomic mass is 16.4. The molecule has 0 heterocycles. The second-order valence-electron chi connectivity index (χ2n) is 15.6. The van der Waals surface area contributed by atoms with Crippen LogP contribution in [-0.4, -0.2) is 143 Å². The summed E-state index contributed by atoms with van der Waals surface area (Å²) in [6, 6.07) is -7.77. The van der Waals surface area contributed by atoms with E-state index < -0.39 is 114 Å². The van der Waals surface area contributed by atoms with Crippen LogP contribution in [-0.2, 0) is 43.2 Å². The topological polar surface area (TPSA) is 343 Å². The van der Waals surface area contributed by atoms with Gasteiger partial charge in [-0.3, -0.25) is 43.8 Å². The fourth-order valence-electron chi connectivity index (χ4n) is 5.74.